The minimum atomic E-state index is -0.224. The summed E-state index contributed by atoms with van der Waals surface area (Å²) in [6.45, 7) is 5.18. The lowest BCUT2D eigenvalue weighted by atomic mass is 10.2. The number of hydrogen-bond donors (Lipinski definition) is 2. The van der Waals surface area contributed by atoms with Gasteiger partial charge in [0.05, 0.1) is 22.9 Å². The van der Waals surface area contributed by atoms with E-state index in [2.05, 4.69) is 20.6 Å². The van der Waals surface area contributed by atoms with Crippen LogP contribution in [-0.2, 0) is 13.1 Å². The molecule has 138 valence electrons. The predicted octanol–water partition coefficient (Wildman–Crippen LogP) is 3.45. The Kier molecular flexibility index (Phi) is 8.57. The van der Waals surface area contributed by atoms with E-state index in [9.17, 15) is 4.39 Å². The first-order valence-electron chi connectivity index (χ1n) is 7.74. The smallest absolute Gasteiger partial charge is 0.191 e. The zero-order chi connectivity index (χ0) is 17.7. The normalized spacial score (nSPS) is 11.0. The van der Waals surface area contributed by atoms with Crippen molar-refractivity contribution < 1.29 is 4.39 Å². The van der Waals surface area contributed by atoms with E-state index < -0.39 is 0 Å². The Morgan fingerprint density at radius 1 is 1.24 bits per heavy atom. The first-order valence-corrected chi connectivity index (χ1v) is 8.55. The molecule has 2 rings (SSSR count). The van der Waals surface area contributed by atoms with E-state index in [4.69, 9.17) is 0 Å². The fraction of sp³-hybridized carbons (Fsp3) is 0.412. The molecule has 0 aliphatic heterocycles. The summed E-state index contributed by atoms with van der Waals surface area (Å²) in [5.74, 6) is 0.454. The summed E-state index contributed by atoms with van der Waals surface area (Å²) >= 11 is 1.68. The van der Waals surface area contributed by atoms with Crippen molar-refractivity contribution in [1.29, 1.82) is 0 Å². The predicted molar refractivity (Wildman–Crippen MR) is 115 cm³/mol. The van der Waals surface area contributed by atoms with Crippen LogP contribution in [0.1, 0.15) is 21.1 Å². The van der Waals surface area contributed by atoms with Gasteiger partial charge in [-0.25, -0.2) is 9.37 Å². The van der Waals surface area contributed by atoms with Crippen molar-refractivity contribution in [2.24, 2.45) is 4.99 Å². The average Bonchev–Trinajstić information content (AvgIpc) is 2.85. The first kappa shape index (κ1) is 21.6. The fourth-order valence-corrected chi connectivity index (χ4v) is 3.21. The van der Waals surface area contributed by atoms with Crippen LogP contribution in [0.5, 0.6) is 0 Å². The van der Waals surface area contributed by atoms with Crippen LogP contribution in [0.25, 0.3) is 0 Å². The second-order valence-electron chi connectivity index (χ2n) is 5.70. The SMILES string of the molecule is CN=C(NCc1ccc(N(C)C)c(F)c1)NCc1sc(C)nc1C.I. The van der Waals surface area contributed by atoms with Crippen LogP contribution in [0.2, 0.25) is 0 Å². The molecular weight excluding hydrogens is 452 g/mol. The molecular formula is C17H25FIN5S. The molecule has 2 N–H and O–H groups in total. The van der Waals surface area contributed by atoms with E-state index in [1.165, 1.54) is 4.88 Å². The molecule has 0 radical (unpaired) electrons. The number of nitrogens with one attached hydrogen (secondary N) is 2. The molecule has 0 aliphatic rings. The van der Waals surface area contributed by atoms with Gasteiger partial charge in [-0.1, -0.05) is 6.07 Å². The highest BCUT2D eigenvalue weighted by atomic mass is 127. The van der Waals surface area contributed by atoms with E-state index >= 15 is 0 Å². The van der Waals surface area contributed by atoms with E-state index in [0.717, 1.165) is 16.3 Å². The molecule has 0 amide bonds. The number of anilines is 1. The van der Waals surface area contributed by atoms with Crippen molar-refractivity contribution in [2.45, 2.75) is 26.9 Å². The summed E-state index contributed by atoms with van der Waals surface area (Å²) in [7, 11) is 5.37. The van der Waals surface area contributed by atoms with E-state index in [-0.39, 0.29) is 29.8 Å². The van der Waals surface area contributed by atoms with Crippen molar-refractivity contribution in [2.75, 3.05) is 26.0 Å². The van der Waals surface area contributed by atoms with Crippen LogP contribution in [0, 0.1) is 19.7 Å². The number of aliphatic imine (C=N–C) groups is 1. The zero-order valence-corrected chi connectivity index (χ0v) is 18.3. The molecule has 0 aliphatic carbocycles. The van der Waals surface area contributed by atoms with Crippen LogP contribution in [0.15, 0.2) is 23.2 Å². The maximum absolute atomic E-state index is 14.0. The van der Waals surface area contributed by atoms with Gasteiger partial charge < -0.3 is 15.5 Å². The second-order valence-corrected chi connectivity index (χ2v) is 6.99. The number of thiazole rings is 1. The highest BCUT2D eigenvalue weighted by molar-refractivity contribution is 14.0. The highest BCUT2D eigenvalue weighted by Gasteiger charge is 2.08. The molecule has 1 heterocycles. The number of benzene rings is 1. The van der Waals surface area contributed by atoms with E-state index in [1.807, 2.05) is 34.0 Å². The van der Waals surface area contributed by atoms with Crippen LogP contribution < -0.4 is 15.5 Å². The van der Waals surface area contributed by atoms with Gasteiger partial charge >= 0.3 is 0 Å². The lowest BCUT2D eigenvalue weighted by molar-refractivity contribution is 0.623. The number of guanidine groups is 1. The van der Waals surface area contributed by atoms with Gasteiger partial charge in [0, 0.05) is 32.6 Å². The number of aromatic nitrogens is 1. The van der Waals surface area contributed by atoms with Crippen molar-refractivity contribution >= 4 is 47.0 Å². The van der Waals surface area contributed by atoms with Gasteiger partial charge in [-0.2, -0.15) is 0 Å². The van der Waals surface area contributed by atoms with Gasteiger partial charge in [-0.3, -0.25) is 4.99 Å². The third-order valence-corrected chi connectivity index (χ3v) is 4.67. The Balaban J connectivity index is 0.00000312. The Hall–Kier alpha value is -1.42. The molecule has 2 aromatic rings. The van der Waals surface area contributed by atoms with Crippen molar-refractivity contribution in [3.63, 3.8) is 0 Å². The standard InChI is InChI=1S/C17H24FN5S.HI/c1-11-16(24-12(2)22-11)10-21-17(19-3)20-9-13-6-7-15(23(4)5)14(18)8-13;/h6-8H,9-10H2,1-5H3,(H2,19,20,21);1H. The number of halogens is 2. The van der Waals surface area contributed by atoms with E-state index in [0.29, 0.717) is 24.7 Å². The number of hydrogen-bond acceptors (Lipinski definition) is 4. The van der Waals surface area contributed by atoms with Crippen molar-refractivity contribution in [3.05, 3.63) is 45.2 Å². The minimum Gasteiger partial charge on any atom is -0.375 e. The summed E-state index contributed by atoms with van der Waals surface area (Å²) in [4.78, 5) is 11.6. The molecule has 0 bridgehead atoms. The summed E-state index contributed by atoms with van der Waals surface area (Å²) < 4.78 is 14.0. The fourth-order valence-electron chi connectivity index (χ4n) is 2.33. The minimum absolute atomic E-state index is 0. The Bertz CT molecular complexity index is 730. The van der Waals surface area contributed by atoms with Crippen LogP contribution >= 0.6 is 35.3 Å². The van der Waals surface area contributed by atoms with Gasteiger partial charge in [0.1, 0.15) is 5.82 Å². The van der Waals surface area contributed by atoms with Crippen molar-refractivity contribution in [1.82, 2.24) is 15.6 Å². The van der Waals surface area contributed by atoms with Gasteiger partial charge in [0.2, 0.25) is 0 Å². The maximum atomic E-state index is 14.0. The molecule has 1 aromatic heterocycles. The Labute approximate surface area is 169 Å². The highest BCUT2D eigenvalue weighted by Crippen LogP contribution is 2.18. The summed E-state index contributed by atoms with van der Waals surface area (Å²) in [5, 5.41) is 7.52. The Morgan fingerprint density at radius 3 is 2.44 bits per heavy atom. The summed E-state index contributed by atoms with van der Waals surface area (Å²) in [6.07, 6.45) is 0. The number of rotatable bonds is 5. The van der Waals surface area contributed by atoms with Gasteiger partial charge in [-0.05, 0) is 31.5 Å². The van der Waals surface area contributed by atoms with Gasteiger partial charge in [-0.15, -0.1) is 35.3 Å². The zero-order valence-electron chi connectivity index (χ0n) is 15.2. The molecule has 0 spiro atoms. The molecule has 0 fully saturated rings. The largest absolute Gasteiger partial charge is 0.375 e. The second kappa shape index (κ2) is 9.91. The van der Waals surface area contributed by atoms with Crippen molar-refractivity contribution in [3.8, 4) is 0 Å². The van der Waals surface area contributed by atoms with Crippen LogP contribution in [-0.4, -0.2) is 32.1 Å². The molecule has 25 heavy (non-hydrogen) atoms. The molecule has 8 heteroatoms. The molecule has 0 saturated carbocycles. The summed E-state index contributed by atoms with van der Waals surface area (Å²) in [5.41, 5.74) is 2.49. The molecule has 0 saturated heterocycles. The average molecular weight is 477 g/mol. The van der Waals surface area contributed by atoms with Gasteiger partial charge in [0.25, 0.3) is 0 Å². The molecule has 5 nitrogen and oxygen atoms in total. The third kappa shape index (κ3) is 6.10. The molecule has 0 unspecified atom stereocenters. The number of aryl methyl sites for hydroxylation is 2. The lowest BCUT2D eigenvalue weighted by Crippen LogP contribution is -2.36. The van der Waals surface area contributed by atoms with E-state index in [1.54, 1.807) is 35.4 Å². The molecule has 0 atom stereocenters. The number of nitrogens with zero attached hydrogens (tertiary/aromatic N) is 3. The Morgan fingerprint density at radius 2 is 1.92 bits per heavy atom. The van der Waals surface area contributed by atoms with Gasteiger partial charge in [0.15, 0.2) is 5.96 Å². The third-order valence-electron chi connectivity index (χ3n) is 3.59. The van der Waals surface area contributed by atoms with Crippen LogP contribution in [0.3, 0.4) is 0 Å². The first-order chi connectivity index (χ1) is 11.4. The maximum Gasteiger partial charge on any atom is 0.191 e. The topological polar surface area (TPSA) is 52.6 Å². The molecule has 1 aromatic carbocycles. The monoisotopic (exact) mass is 477 g/mol. The summed E-state index contributed by atoms with van der Waals surface area (Å²) in [6, 6.07) is 5.24. The lowest BCUT2D eigenvalue weighted by Gasteiger charge is -2.15. The van der Waals surface area contributed by atoms with Crippen LogP contribution in [0.4, 0.5) is 10.1 Å². The quantitative estimate of drug-likeness (QED) is 0.394.